The maximum Gasteiger partial charge on any atom is 0.244 e. The maximum atomic E-state index is 14.1. The van der Waals surface area contributed by atoms with E-state index in [0.29, 0.717) is 24.2 Å². The van der Waals surface area contributed by atoms with E-state index in [2.05, 4.69) is 10.3 Å². The van der Waals surface area contributed by atoms with Crippen LogP contribution in [0.1, 0.15) is 25.3 Å². The fraction of sp³-hybridized carbons (Fsp3) is 0.263. The van der Waals surface area contributed by atoms with E-state index in [1.54, 1.807) is 24.4 Å². The van der Waals surface area contributed by atoms with Gasteiger partial charge in [0.15, 0.2) is 11.6 Å². The molecule has 1 unspecified atom stereocenters. The minimum Gasteiger partial charge on any atom is -0.453 e. The number of amides is 1. The Labute approximate surface area is 146 Å². The Hall–Kier alpha value is -2.73. The number of aromatic nitrogens is 1. The van der Waals surface area contributed by atoms with Crippen LogP contribution in [-0.2, 0) is 4.79 Å². The van der Waals surface area contributed by atoms with Gasteiger partial charge in [-0.1, -0.05) is 6.07 Å². The summed E-state index contributed by atoms with van der Waals surface area (Å²) >= 11 is 0. The summed E-state index contributed by atoms with van der Waals surface area (Å²) < 4.78 is 19.5. The molecular weight excluding hydrogens is 323 g/mol. The molecule has 0 bridgehead atoms. The standard InChI is InChI=1S/C19H21FN2O3/c1-14(4-3-11-23)22-19(24)9-7-15-6-8-18(17(20)12-15)25-16-5-2-10-21-13-16/h2,5-10,12-14,23H,3-4,11H2,1H3,(H,22,24)/b9-7+. The fourth-order valence-electron chi connectivity index (χ4n) is 2.17. The lowest BCUT2D eigenvalue weighted by molar-refractivity contribution is -0.117. The SMILES string of the molecule is CC(CCCO)NC(=O)/C=C/c1ccc(Oc2cccnc2)c(F)c1. The molecule has 0 saturated carbocycles. The summed E-state index contributed by atoms with van der Waals surface area (Å²) in [7, 11) is 0. The average molecular weight is 344 g/mol. The number of benzene rings is 1. The van der Waals surface area contributed by atoms with Crippen LogP contribution in [0.15, 0.2) is 48.8 Å². The van der Waals surface area contributed by atoms with Crippen molar-refractivity contribution < 1.29 is 19.0 Å². The van der Waals surface area contributed by atoms with Crippen LogP contribution in [0.4, 0.5) is 4.39 Å². The smallest absolute Gasteiger partial charge is 0.244 e. The third-order valence-corrected chi connectivity index (χ3v) is 3.43. The van der Waals surface area contributed by atoms with E-state index in [1.807, 2.05) is 6.92 Å². The van der Waals surface area contributed by atoms with E-state index < -0.39 is 5.82 Å². The molecule has 0 aliphatic carbocycles. The van der Waals surface area contributed by atoms with Crippen molar-refractivity contribution in [1.29, 1.82) is 0 Å². The molecule has 2 aromatic rings. The number of rotatable bonds is 8. The normalized spacial score (nSPS) is 12.1. The van der Waals surface area contributed by atoms with E-state index in [9.17, 15) is 9.18 Å². The Morgan fingerprint density at radius 2 is 2.28 bits per heavy atom. The second-order valence-corrected chi connectivity index (χ2v) is 5.59. The predicted octanol–water partition coefficient (Wildman–Crippen LogP) is 3.30. The van der Waals surface area contributed by atoms with Crippen molar-refractivity contribution >= 4 is 12.0 Å². The Bertz CT molecular complexity index is 720. The number of pyridine rings is 1. The zero-order valence-corrected chi connectivity index (χ0v) is 14.0. The van der Waals surface area contributed by atoms with Crippen LogP contribution in [0.3, 0.4) is 0 Å². The molecule has 0 saturated heterocycles. The summed E-state index contributed by atoms with van der Waals surface area (Å²) in [5, 5.41) is 11.5. The minimum atomic E-state index is -0.525. The molecule has 1 aromatic heterocycles. The molecule has 5 nitrogen and oxygen atoms in total. The van der Waals surface area contributed by atoms with Crippen LogP contribution >= 0.6 is 0 Å². The lowest BCUT2D eigenvalue weighted by Crippen LogP contribution is -2.31. The van der Waals surface area contributed by atoms with Crippen molar-refractivity contribution in [3.63, 3.8) is 0 Å². The largest absolute Gasteiger partial charge is 0.453 e. The Kier molecular flexibility index (Phi) is 7.10. The Morgan fingerprint density at radius 3 is 2.96 bits per heavy atom. The van der Waals surface area contributed by atoms with E-state index >= 15 is 0 Å². The van der Waals surface area contributed by atoms with Gasteiger partial charge in [0.1, 0.15) is 5.75 Å². The molecule has 1 heterocycles. The van der Waals surface area contributed by atoms with Gasteiger partial charge in [0, 0.05) is 24.9 Å². The van der Waals surface area contributed by atoms with Crippen LogP contribution in [-0.4, -0.2) is 28.6 Å². The second kappa shape index (κ2) is 9.54. The number of nitrogens with one attached hydrogen (secondary N) is 1. The zero-order chi connectivity index (χ0) is 18.1. The van der Waals surface area contributed by atoms with Gasteiger partial charge in [-0.25, -0.2) is 4.39 Å². The van der Waals surface area contributed by atoms with Crippen LogP contribution in [0, 0.1) is 5.82 Å². The number of aliphatic hydroxyl groups excluding tert-OH is 1. The molecule has 2 N–H and O–H groups in total. The minimum absolute atomic E-state index is 0.0312. The molecule has 0 aliphatic rings. The van der Waals surface area contributed by atoms with E-state index in [1.165, 1.54) is 30.5 Å². The fourth-order valence-corrected chi connectivity index (χ4v) is 2.17. The summed E-state index contributed by atoms with van der Waals surface area (Å²) in [6.45, 7) is 1.97. The van der Waals surface area contributed by atoms with Crippen molar-refractivity contribution in [2.45, 2.75) is 25.8 Å². The second-order valence-electron chi connectivity index (χ2n) is 5.59. The van der Waals surface area contributed by atoms with Crippen molar-refractivity contribution in [3.8, 4) is 11.5 Å². The predicted molar refractivity (Wildman–Crippen MR) is 93.7 cm³/mol. The third-order valence-electron chi connectivity index (χ3n) is 3.43. The zero-order valence-electron chi connectivity index (χ0n) is 14.0. The number of aliphatic hydroxyl groups is 1. The van der Waals surface area contributed by atoms with E-state index in [0.717, 1.165) is 0 Å². The van der Waals surface area contributed by atoms with Gasteiger partial charge in [-0.2, -0.15) is 0 Å². The van der Waals surface area contributed by atoms with Gasteiger partial charge in [0.25, 0.3) is 0 Å². The molecule has 2 rings (SSSR count). The Balaban J connectivity index is 1.94. The van der Waals surface area contributed by atoms with Gasteiger partial charge in [0.05, 0.1) is 6.20 Å². The quantitative estimate of drug-likeness (QED) is 0.721. The summed E-state index contributed by atoms with van der Waals surface area (Å²) in [5.74, 6) is -0.252. The van der Waals surface area contributed by atoms with Crippen molar-refractivity contribution in [3.05, 3.63) is 60.2 Å². The summed E-state index contributed by atoms with van der Waals surface area (Å²) in [4.78, 5) is 15.7. The van der Waals surface area contributed by atoms with Crippen molar-refractivity contribution in [1.82, 2.24) is 10.3 Å². The number of hydrogen-bond acceptors (Lipinski definition) is 4. The molecule has 25 heavy (non-hydrogen) atoms. The first-order valence-corrected chi connectivity index (χ1v) is 8.05. The number of carbonyl (C=O) groups is 1. The molecule has 6 heteroatoms. The van der Waals surface area contributed by atoms with E-state index in [-0.39, 0.29) is 24.3 Å². The Morgan fingerprint density at radius 1 is 1.44 bits per heavy atom. The maximum absolute atomic E-state index is 14.1. The molecule has 1 amide bonds. The third kappa shape index (κ3) is 6.35. The highest BCUT2D eigenvalue weighted by Crippen LogP contribution is 2.24. The van der Waals surface area contributed by atoms with Gasteiger partial charge in [-0.05, 0) is 55.7 Å². The van der Waals surface area contributed by atoms with Crippen LogP contribution in [0.5, 0.6) is 11.5 Å². The lowest BCUT2D eigenvalue weighted by Gasteiger charge is -2.11. The number of carbonyl (C=O) groups excluding carboxylic acids is 1. The highest BCUT2D eigenvalue weighted by molar-refractivity contribution is 5.91. The summed E-state index contributed by atoms with van der Waals surface area (Å²) in [5.41, 5.74) is 0.550. The molecular formula is C19H21FN2O3. The lowest BCUT2D eigenvalue weighted by atomic mass is 10.1. The molecule has 132 valence electrons. The highest BCUT2D eigenvalue weighted by atomic mass is 19.1. The van der Waals surface area contributed by atoms with Crippen molar-refractivity contribution in [2.24, 2.45) is 0 Å². The van der Waals surface area contributed by atoms with Gasteiger partial charge in [-0.15, -0.1) is 0 Å². The molecule has 0 fully saturated rings. The molecule has 1 aromatic carbocycles. The number of halogens is 1. The number of nitrogens with zero attached hydrogens (tertiary/aromatic N) is 1. The summed E-state index contributed by atoms with van der Waals surface area (Å²) in [6.07, 6.45) is 7.32. The molecule has 0 radical (unpaired) electrons. The highest BCUT2D eigenvalue weighted by Gasteiger charge is 2.07. The number of ether oxygens (including phenoxy) is 1. The van der Waals surface area contributed by atoms with Gasteiger partial charge < -0.3 is 15.2 Å². The summed E-state index contributed by atoms with van der Waals surface area (Å²) in [6, 6.07) is 7.81. The molecule has 0 aliphatic heterocycles. The first kappa shape index (κ1) is 18.6. The van der Waals surface area contributed by atoms with Crippen LogP contribution in [0.2, 0.25) is 0 Å². The number of hydrogen-bond donors (Lipinski definition) is 2. The first-order valence-electron chi connectivity index (χ1n) is 8.05. The monoisotopic (exact) mass is 344 g/mol. The van der Waals surface area contributed by atoms with Crippen LogP contribution < -0.4 is 10.1 Å². The van der Waals surface area contributed by atoms with Gasteiger partial charge in [0.2, 0.25) is 5.91 Å². The van der Waals surface area contributed by atoms with Crippen molar-refractivity contribution in [2.75, 3.05) is 6.61 Å². The van der Waals surface area contributed by atoms with Crippen LogP contribution in [0.25, 0.3) is 6.08 Å². The molecule has 1 atom stereocenters. The van der Waals surface area contributed by atoms with Gasteiger partial charge >= 0.3 is 0 Å². The van der Waals surface area contributed by atoms with Gasteiger partial charge in [-0.3, -0.25) is 9.78 Å². The first-order chi connectivity index (χ1) is 12.1. The molecule has 0 spiro atoms. The topological polar surface area (TPSA) is 71.5 Å². The average Bonchev–Trinajstić information content (AvgIpc) is 2.61. The van der Waals surface area contributed by atoms with E-state index in [4.69, 9.17) is 9.84 Å².